The van der Waals surface area contributed by atoms with Crippen LogP contribution < -0.4 is 5.73 Å². The second-order valence-electron chi connectivity index (χ2n) is 2.49. The van der Waals surface area contributed by atoms with E-state index in [0.29, 0.717) is 11.3 Å². The number of nitro groups is 1. The van der Waals surface area contributed by atoms with Gasteiger partial charge >= 0.3 is 0 Å². The minimum absolute atomic E-state index is 0.0959. The van der Waals surface area contributed by atoms with Crippen molar-refractivity contribution in [2.75, 3.05) is 11.5 Å². The number of rotatable bonds is 1. The Bertz CT molecular complexity index is 421. The minimum Gasteiger partial charge on any atom is -0.393 e. The molecular formula is C9H8N2O2S. The summed E-state index contributed by atoms with van der Waals surface area (Å²) < 4.78 is 0. The Morgan fingerprint density at radius 2 is 2.29 bits per heavy atom. The molecule has 0 aliphatic heterocycles. The van der Waals surface area contributed by atoms with Crippen LogP contribution in [0.4, 0.5) is 11.4 Å². The van der Waals surface area contributed by atoms with Gasteiger partial charge in [0.1, 0.15) is 5.69 Å². The van der Waals surface area contributed by atoms with Gasteiger partial charge in [0.25, 0.3) is 5.69 Å². The number of anilines is 1. The zero-order chi connectivity index (χ0) is 10.6. The largest absolute Gasteiger partial charge is 0.393 e. The summed E-state index contributed by atoms with van der Waals surface area (Å²) in [6.45, 7) is 0. The Kier molecular flexibility index (Phi) is 3.37. The first-order valence-corrected chi connectivity index (χ1v) is 4.42. The van der Waals surface area contributed by atoms with Crippen LogP contribution in [0.2, 0.25) is 0 Å². The molecule has 0 aromatic heterocycles. The molecule has 0 fully saturated rings. The second kappa shape index (κ2) is 4.53. The quantitative estimate of drug-likeness (QED) is 0.241. The van der Waals surface area contributed by atoms with Gasteiger partial charge in [-0.2, -0.15) is 12.6 Å². The van der Waals surface area contributed by atoms with Crippen LogP contribution in [0.15, 0.2) is 18.2 Å². The Morgan fingerprint density at radius 3 is 2.79 bits per heavy atom. The molecule has 72 valence electrons. The summed E-state index contributed by atoms with van der Waals surface area (Å²) in [4.78, 5) is 9.90. The lowest BCUT2D eigenvalue weighted by molar-refractivity contribution is -0.383. The molecule has 0 aliphatic carbocycles. The van der Waals surface area contributed by atoms with Crippen molar-refractivity contribution in [1.82, 2.24) is 0 Å². The van der Waals surface area contributed by atoms with Gasteiger partial charge < -0.3 is 5.73 Å². The van der Waals surface area contributed by atoms with E-state index in [9.17, 15) is 10.1 Å². The van der Waals surface area contributed by atoms with Gasteiger partial charge in [0, 0.05) is 11.6 Å². The van der Waals surface area contributed by atoms with Gasteiger partial charge in [-0.1, -0.05) is 11.8 Å². The third-order valence-corrected chi connectivity index (χ3v) is 1.69. The average Bonchev–Trinajstić information content (AvgIpc) is 2.14. The fourth-order valence-electron chi connectivity index (χ4n) is 0.940. The van der Waals surface area contributed by atoms with Crippen molar-refractivity contribution in [2.45, 2.75) is 0 Å². The SMILES string of the molecule is Nc1cc(C#CCS)ccc1[N+](=O)[O-]. The van der Waals surface area contributed by atoms with Crippen LogP contribution in [0, 0.1) is 22.0 Å². The van der Waals surface area contributed by atoms with Crippen molar-refractivity contribution in [2.24, 2.45) is 0 Å². The highest BCUT2D eigenvalue weighted by Crippen LogP contribution is 2.21. The average molecular weight is 208 g/mol. The van der Waals surface area contributed by atoms with Gasteiger partial charge in [0.2, 0.25) is 0 Å². The van der Waals surface area contributed by atoms with E-state index in [4.69, 9.17) is 5.73 Å². The van der Waals surface area contributed by atoms with Gasteiger partial charge in [-0.3, -0.25) is 10.1 Å². The van der Waals surface area contributed by atoms with E-state index in [0.717, 1.165) is 0 Å². The van der Waals surface area contributed by atoms with E-state index in [2.05, 4.69) is 24.5 Å². The number of hydrogen-bond acceptors (Lipinski definition) is 4. The highest BCUT2D eigenvalue weighted by atomic mass is 32.1. The first-order chi connectivity index (χ1) is 6.65. The Hall–Kier alpha value is -1.67. The van der Waals surface area contributed by atoms with Crippen LogP contribution in [-0.2, 0) is 0 Å². The molecule has 0 bridgehead atoms. The third-order valence-electron chi connectivity index (χ3n) is 1.54. The van der Waals surface area contributed by atoms with Gasteiger partial charge in [0.05, 0.1) is 10.7 Å². The van der Waals surface area contributed by atoms with Crippen molar-refractivity contribution < 1.29 is 4.92 Å². The van der Waals surface area contributed by atoms with Gasteiger partial charge in [-0.15, -0.1) is 0 Å². The van der Waals surface area contributed by atoms with E-state index < -0.39 is 4.92 Å². The van der Waals surface area contributed by atoms with Crippen molar-refractivity contribution in [3.63, 3.8) is 0 Å². The monoisotopic (exact) mass is 208 g/mol. The maximum absolute atomic E-state index is 10.4. The fourth-order valence-corrected chi connectivity index (χ4v) is 1.02. The fraction of sp³-hybridized carbons (Fsp3) is 0.111. The number of hydrogen-bond donors (Lipinski definition) is 2. The first-order valence-electron chi connectivity index (χ1n) is 3.79. The molecule has 0 spiro atoms. The van der Waals surface area contributed by atoms with Crippen LogP contribution in [0.1, 0.15) is 5.56 Å². The lowest BCUT2D eigenvalue weighted by Crippen LogP contribution is -1.95. The second-order valence-corrected chi connectivity index (χ2v) is 2.81. The highest BCUT2D eigenvalue weighted by molar-refractivity contribution is 7.80. The number of nitrogens with two attached hydrogens (primary N) is 1. The standard InChI is InChI=1S/C9H8N2O2S/c10-8-6-7(2-1-5-14)3-4-9(8)11(12)13/h3-4,6,14H,5,10H2. The zero-order valence-electron chi connectivity index (χ0n) is 7.23. The lowest BCUT2D eigenvalue weighted by Gasteiger charge is -1.96. The van der Waals surface area contributed by atoms with Crippen LogP contribution in [0.5, 0.6) is 0 Å². The molecule has 2 N–H and O–H groups in total. The van der Waals surface area contributed by atoms with E-state index >= 15 is 0 Å². The predicted molar refractivity (Wildman–Crippen MR) is 58.2 cm³/mol. The molecule has 0 unspecified atom stereocenters. The molecule has 0 heterocycles. The summed E-state index contributed by atoms with van der Waals surface area (Å²) in [6.07, 6.45) is 0. The number of thiol groups is 1. The molecule has 1 aromatic rings. The normalized spacial score (nSPS) is 8.93. The minimum atomic E-state index is -0.523. The van der Waals surface area contributed by atoms with Crippen molar-refractivity contribution >= 4 is 24.0 Å². The molecule has 0 radical (unpaired) electrons. The van der Waals surface area contributed by atoms with Crippen LogP contribution in [-0.4, -0.2) is 10.7 Å². The molecule has 0 saturated heterocycles. The van der Waals surface area contributed by atoms with Gasteiger partial charge in [0.15, 0.2) is 0 Å². The Morgan fingerprint density at radius 1 is 1.57 bits per heavy atom. The summed E-state index contributed by atoms with van der Waals surface area (Å²) >= 11 is 3.92. The third kappa shape index (κ3) is 2.41. The van der Waals surface area contributed by atoms with E-state index in [1.54, 1.807) is 6.07 Å². The van der Waals surface area contributed by atoms with E-state index in [-0.39, 0.29) is 11.4 Å². The molecule has 0 amide bonds. The van der Waals surface area contributed by atoms with Crippen LogP contribution in [0.25, 0.3) is 0 Å². The number of benzene rings is 1. The Labute approximate surface area is 86.7 Å². The van der Waals surface area contributed by atoms with Crippen molar-refractivity contribution in [3.8, 4) is 11.8 Å². The number of nitrogens with zero attached hydrogens (tertiary/aromatic N) is 1. The summed E-state index contributed by atoms with van der Waals surface area (Å²) in [5, 5.41) is 10.4. The summed E-state index contributed by atoms with van der Waals surface area (Å²) in [7, 11) is 0. The molecule has 14 heavy (non-hydrogen) atoms. The van der Waals surface area contributed by atoms with Crippen LogP contribution in [0.3, 0.4) is 0 Å². The van der Waals surface area contributed by atoms with E-state index in [1.165, 1.54) is 12.1 Å². The van der Waals surface area contributed by atoms with Crippen molar-refractivity contribution in [1.29, 1.82) is 0 Å². The maximum Gasteiger partial charge on any atom is 0.292 e. The number of nitro benzene ring substituents is 1. The zero-order valence-corrected chi connectivity index (χ0v) is 8.12. The molecule has 4 nitrogen and oxygen atoms in total. The smallest absolute Gasteiger partial charge is 0.292 e. The summed E-state index contributed by atoms with van der Waals surface area (Å²) in [5.74, 6) is 5.94. The molecule has 0 aliphatic rings. The topological polar surface area (TPSA) is 69.2 Å². The molecule has 1 aromatic carbocycles. The van der Waals surface area contributed by atoms with Crippen molar-refractivity contribution in [3.05, 3.63) is 33.9 Å². The van der Waals surface area contributed by atoms with Crippen LogP contribution >= 0.6 is 12.6 Å². The molecule has 5 heteroatoms. The van der Waals surface area contributed by atoms with Gasteiger partial charge in [-0.25, -0.2) is 0 Å². The van der Waals surface area contributed by atoms with E-state index in [1.807, 2.05) is 0 Å². The lowest BCUT2D eigenvalue weighted by atomic mass is 10.2. The summed E-state index contributed by atoms with van der Waals surface area (Å²) in [5.41, 5.74) is 6.15. The molecule has 0 atom stereocenters. The van der Waals surface area contributed by atoms with Gasteiger partial charge in [-0.05, 0) is 12.1 Å². The Balaban J connectivity index is 3.06. The molecule has 1 rings (SSSR count). The number of nitrogen functional groups attached to an aromatic ring is 1. The maximum atomic E-state index is 10.4. The predicted octanol–water partition coefficient (Wildman–Crippen LogP) is 1.46. The highest BCUT2D eigenvalue weighted by Gasteiger charge is 2.09. The molecule has 0 saturated carbocycles. The molecular weight excluding hydrogens is 200 g/mol. The summed E-state index contributed by atoms with van der Waals surface area (Å²) in [6, 6.07) is 4.39. The first kappa shape index (κ1) is 10.4.